The number of hydrogen-bond donors (Lipinski definition) is 1. The summed E-state index contributed by atoms with van der Waals surface area (Å²) in [4.78, 5) is 4.08. The molecule has 17 heavy (non-hydrogen) atoms. The zero-order valence-corrected chi connectivity index (χ0v) is 9.10. The summed E-state index contributed by atoms with van der Waals surface area (Å²) in [7, 11) is 0. The highest BCUT2D eigenvalue weighted by atomic mass is 19.1. The average Bonchev–Trinajstić information content (AvgIpc) is 2.76. The van der Waals surface area contributed by atoms with E-state index in [1.807, 2.05) is 6.07 Å². The van der Waals surface area contributed by atoms with Gasteiger partial charge >= 0.3 is 0 Å². The lowest BCUT2D eigenvalue weighted by Crippen LogP contribution is -1.99. The van der Waals surface area contributed by atoms with E-state index in [0.717, 1.165) is 11.3 Å². The van der Waals surface area contributed by atoms with Crippen LogP contribution in [-0.4, -0.2) is 9.55 Å². The molecule has 0 aliphatic carbocycles. The summed E-state index contributed by atoms with van der Waals surface area (Å²) in [6, 6.07) is 6.20. The smallest absolute Gasteiger partial charge is 0.124 e. The van der Waals surface area contributed by atoms with Gasteiger partial charge in [0.2, 0.25) is 0 Å². The molecule has 2 rings (SSSR count). The van der Waals surface area contributed by atoms with Gasteiger partial charge in [-0.15, -0.1) is 0 Å². The van der Waals surface area contributed by atoms with Crippen molar-refractivity contribution in [3.8, 4) is 6.07 Å². The molecule has 0 aliphatic rings. The maximum absolute atomic E-state index is 13.2. The zero-order chi connectivity index (χ0) is 12.3. The third-order valence-corrected chi connectivity index (χ3v) is 2.35. The maximum atomic E-state index is 13.2. The van der Waals surface area contributed by atoms with Crippen molar-refractivity contribution in [1.29, 1.82) is 5.26 Å². The molecule has 1 aromatic carbocycles. The molecule has 0 bridgehead atoms. The number of imidazole rings is 1. The van der Waals surface area contributed by atoms with Crippen LogP contribution in [0.25, 0.3) is 0 Å². The second-order valence-electron chi connectivity index (χ2n) is 3.70. The summed E-state index contributed by atoms with van der Waals surface area (Å²) in [6.45, 7) is 0.846. The predicted molar refractivity (Wildman–Crippen MR) is 60.3 cm³/mol. The number of benzene rings is 1. The Labute approximate surface area is 98.1 Å². The summed E-state index contributed by atoms with van der Waals surface area (Å²) in [6.07, 6.45) is 3.44. The number of nitrogens with two attached hydrogens (primary N) is 1. The van der Waals surface area contributed by atoms with Gasteiger partial charge in [-0.1, -0.05) is 0 Å². The summed E-state index contributed by atoms with van der Waals surface area (Å²) in [5.41, 5.74) is 7.27. The number of hydrogen-bond acceptors (Lipinski definition) is 3. The van der Waals surface area contributed by atoms with Crippen LogP contribution in [0.15, 0.2) is 30.7 Å². The predicted octanol–water partition coefficient (Wildman–Crippen LogP) is 1.40. The fourth-order valence-corrected chi connectivity index (χ4v) is 1.62. The third kappa shape index (κ3) is 2.68. The highest BCUT2D eigenvalue weighted by Gasteiger charge is 2.02. The molecule has 5 heteroatoms. The molecule has 2 aromatic rings. The topological polar surface area (TPSA) is 67.6 Å². The number of rotatable bonds is 3. The molecular weight excluding hydrogens is 219 g/mol. The second kappa shape index (κ2) is 4.76. The van der Waals surface area contributed by atoms with Crippen molar-refractivity contribution in [2.75, 3.05) is 0 Å². The summed E-state index contributed by atoms with van der Waals surface area (Å²) < 4.78 is 15.0. The van der Waals surface area contributed by atoms with Crippen LogP contribution in [0.2, 0.25) is 0 Å². The Kier molecular flexibility index (Phi) is 3.17. The maximum Gasteiger partial charge on any atom is 0.124 e. The van der Waals surface area contributed by atoms with Crippen LogP contribution in [0.4, 0.5) is 4.39 Å². The van der Waals surface area contributed by atoms with Gasteiger partial charge in [0, 0.05) is 19.3 Å². The van der Waals surface area contributed by atoms with Crippen LogP contribution in [-0.2, 0) is 13.1 Å². The molecule has 0 aliphatic heterocycles. The van der Waals surface area contributed by atoms with E-state index in [-0.39, 0.29) is 0 Å². The SMILES string of the molecule is N#Cc1cc(F)cc(Cn2cnc(CN)c2)c1. The van der Waals surface area contributed by atoms with E-state index in [4.69, 9.17) is 11.0 Å². The van der Waals surface area contributed by atoms with Crippen LogP contribution in [0.3, 0.4) is 0 Å². The largest absolute Gasteiger partial charge is 0.333 e. The van der Waals surface area contributed by atoms with Crippen LogP contribution >= 0.6 is 0 Å². The first-order chi connectivity index (χ1) is 8.21. The van der Waals surface area contributed by atoms with E-state index in [1.165, 1.54) is 12.1 Å². The van der Waals surface area contributed by atoms with Gasteiger partial charge in [0.15, 0.2) is 0 Å². The van der Waals surface area contributed by atoms with Gasteiger partial charge in [-0.3, -0.25) is 0 Å². The van der Waals surface area contributed by atoms with Crippen molar-refractivity contribution >= 4 is 0 Å². The Balaban J connectivity index is 2.24. The highest BCUT2D eigenvalue weighted by molar-refractivity contribution is 5.33. The number of nitriles is 1. The molecule has 0 saturated heterocycles. The molecule has 2 N–H and O–H groups in total. The molecule has 0 radical (unpaired) electrons. The van der Waals surface area contributed by atoms with Crippen molar-refractivity contribution in [3.63, 3.8) is 0 Å². The second-order valence-corrected chi connectivity index (χ2v) is 3.70. The van der Waals surface area contributed by atoms with E-state index in [1.54, 1.807) is 23.2 Å². The van der Waals surface area contributed by atoms with Gasteiger partial charge in [0.1, 0.15) is 5.82 Å². The van der Waals surface area contributed by atoms with Crippen LogP contribution < -0.4 is 5.73 Å². The van der Waals surface area contributed by atoms with Gasteiger partial charge in [-0.05, 0) is 23.8 Å². The third-order valence-electron chi connectivity index (χ3n) is 2.35. The fourth-order valence-electron chi connectivity index (χ4n) is 1.62. The molecule has 4 nitrogen and oxygen atoms in total. The van der Waals surface area contributed by atoms with Crippen LogP contribution in [0.5, 0.6) is 0 Å². The standard InChI is InChI=1S/C12H11FN4/c13-11-2-9(4-14)1-10(3-11)6-17-7-12(5-15)16-8-17/h1-3,7-8H,5-6,15H2. The quantitative estimate of drug-likeness (QED) is 0.866. The minimum Gasteiger partial charge on any atom is -0.333 e. The lowest BCUT2D eigenvalue weighted by atomic mass is 10.1. The van der Waals surface area contributed by atoms with E-state index < -0.39 is 5.82 Å². The number of nitrogens with zero attached hydrogens (tertiary/aromatic N) is 3. The monoisotopic (exact) mass is 230 g/mol. The number of aromatic nitrogens is 2. The van der Waals surface area contributed by atoms with E-state index >= 15 is 0 Å². The van der Waals surface area contributed by atoms with E-state index in [2.05, 4.69) is 4.98 Å². The van der Waals surface area contributed by atoms with Crippen molar-refractivity contribution in [2.24, 2.45) is 5.73 Å². The molecule has 0 spiro atoms. The number of halogens is 1. The van der Waals surface area contributed by atoms with Gasteiger partial charge in [0.05, 0.1) is 23.7 Å². The Bertz CT molecular complexity index is 568. The normalized spacial score (nSPS) is 10.2. The Morgan fingerprint density at radius 2 is 2.24 bits per heavy atom. The van der Waals surface area contributed by atoms with Gasteiger partial charge in [-0.25, -0.2) is 9.37 Å². The zero-order valence-electron chi connectivity index (χ0n) is 9.10. The van der Waals surface area contributed by atoms with Gasteiger partial charge < -0.3 is 10.3 Å². The van der Waals surface area contributed by atoms with Gasteiger partial charge in [-0.2, -0.15) is 5.26 Å². The van der Waals surface area contributed by atoms with E-state index in [9.17, 15) is 4.39 Å². The van der Waals surface area contributed by atoms with Crippen molar-refractivity contribution in [2.45, 2.75) is 13.1 Å². The molecule has 0 amide bonds. The molecule has 0 atom stereocenters. The summed E-state index contributed by atoms with van der Waals surface area (Å²) in [5, 5.41) is 8.74. The van der Waals surface area contributed by atoms with Crippen LogP contribution in [0, 0.1) is 17.1 Å². The molecule has 1 aromatic heterocycles. The summed E-state index contributed by atoms with van der Waals surface area (Å²) >= 11 is 0. The Hall–Kier alpha value is -2.19. The molecule has 1 heterocycles. The Morgan fingerprint density at radius 1 is 1.41 bits per heavy atom. The first-order valence-electron chi connectivity index (χ1n) is 5.11. The van der Waals surface area contributed by atoms with Crippen LogP contribution in [0.1, 0.15) is 16.8 Å². The average molecular weight is 230 g/mol. The van der Waals surface area contributed by atoms with Crippen molar-refractivity contribution < 1.29 is 4.39 Å². The molecule has 86 valence electrons. The molecular formula is C12H11FN4. The lowest BCUT2D eigenvalue weighted by molar-refractivity contribution is 0.623. The molecule has 0 fully saturated rings. The molecule has 0 saturated carbocycles. The van der Waals surface area contributed by atoms with Gasteiger partial charge in [0.25, 0.3) is 0 Å². The minimum absolute atomic E-state index is 0.319. The Morgan fingerprint density at radius 3 is 2.88 bits per heavy atom. The molecule has 0 unspecified atom stereocenters. The first-order valence-corrected chi connectivity index (χ1v) is 5.11. The summed E-state index contributed by atoms with van der Waals surface area (Å²) in [5.74, 6) is -0.404. The minimum atomic E-state index is -0.404. The fraction of sp³-hybridized carbons (Fsp3) is 0.167. The first kappa shape index (κ1) is 11.3. The van der Waals surface area contributed by atoms with E-state index in [0.29, 0.717) is 18.7 Å². The highest BCUT2D eigenvalue weighted by Crippen LogP contribution is 2.10. The lowest BCUT2D eigenvalue weighted by Gasteiger charge is -2.03. The van der Waals surface area contributed by atoms with Crippen molar-refractivity contribution in [1.82, 2.24) is 9.55 Å². The van der Waals surface area contributed by atoms with Crippen molar-refractivity contribution in [3.05, 3.63) is 53.4 Å².